The van der Waals surface area contributed by atoms with Gasteiger partial charge in [-0.1, -0.05) is 23.4 Å². The number of fused-ring (bicyclic) bond motifs is 3. The molecule has 0 spiro atoms. The molecule has 0 unspecified atom stereocenters. The number of thioether (sulfide) groups is 1. The second-order valence-corrected chi connectivity index (χ2v) is 8.19. The van der Waals surface area contributed by atoms with E-state index in [-0.39, 0.29) is 0 Å². The summed E-state index contributed by atoms with van der Waals surface area (Å²) in [6.07, 6.45) is 6.76. The highest BCUT2D eigenvalue weighted by Gasteiger charge is 2.21. The molecule has 0 atom stereocenters. The number of ether oxygens (including phenoxy) is 1. The molecular formula is C18H18ClN3OS2. The average Bonchev–Trinajstić information content (AvgIpc) is 3.00. The van der Waals surface area contributed by atoms with Crippen molar-refractivity contribution in [1.82, 2.24) is 9.97 Å². The van der Waals surface area contributed by atoms with Gasteiger partial charge in [0.15, 0.2) is 5.16 Å². The Morgan fingerprint density at radius 2 is 2.08 bits per heavy atom. The van der Waals surface area contributed by atoms with Crippen LogP contribution in [-0.2, 0) is 12.8 Å². The lowest BCUT2D eigenvalue weighted by Crippen LogP contribution is -2.02. The molecule has 4 nitrogen and oxygen atoms in total. The number of hydrogen-bond acceptors (Lipinski definition) is 6. The Hall–Kier alpha value is -1.50. The summed E-state index contributed by atoms with van der Waals surface area (Å²) in [7, 11) is 1.62. The van der Waals surface area contributed by atoms with Gasteiger partial charge in [0, 0.05) is 10.6 Å². The van der Waals surface area contributed by atoms with E-state index in [0.717, 1.165) is 34.3 Å². The van der Waals surface area contributed by atoms with Gasteiger partial charge in [-0.15, -0.1) is 11.3 Å². The Labute approximate surface area is 160 Å². The fourth-order valence-electron chi connectivity index (χ4n) is 3.20. The van der Waals surface area contributed by atoms with Crippen LogP contribution in [0.1, 0.15) is 23.3 Å². The number of nitrogens with one attached hydrogen (secondary N) is 1. The molecule has 3 aromatic rings. The molecule has 4 rings (SSSR count). The van der Waals surface area contributed by atoms with Gasteiger partial charge in [-0.2, -0.15) is 0 Å². The van der Waals surface area contributed by atoms with Gasteiger partial charge < -0.3 is 10.1 Å². The van der Waals surface area contributed by atoms with Crippen molar-refractivity contribution >= 4 is 56.4 Å². The standard InChI is InChI=1S/C18H18ClN3OS2/c1-23-13-8-7-10(9-12(13)19)20-16-15-11-5-3-4-6-14(11)25-17(15)22-18(21-16)24-2/h7-9H,3-6H2,1-2H3,(H,20,21,22). The third-order valence-corrected chi connectivity index (χ3v) is 6.42. The second-order valence-electron chi connectivity index (χ2n) is 5.92. The fourth-order valence-corrected chi connectivity index (χ4v) is 5.14. The van der Waals surface area contributed by atoms with Crippen LogP contribution in [0.2, 0.25) is 5.02 Å². The van der Waals surface area contributed by atoms with Gasteiger partial charge in [0.25, 0.3) is 0 Å². The molecule has 2 aromatic heterocycles. The van der Waals surface area contributed by atoms with Gasteiger partial charge in [-0.3, -0.25) is 0 Å². The largest absolute Gasteiger partial charge is 0.495 e. The second kappa shape index (κ2) is 7.02. The number of aromatic nitrogens is 2. The molecule has 0 amide bonds. The third-order valence-electron chi connectivity index (χ3n) is 4.39. The number of rotatable bonds is 4. The molecule has 0 bridgehead atoms. The topological polar surface area (TPSA) is 47.0 Å². The van der Waals surface area contributed by atoms with Crippen molar-refractivity contribution in [3.05, 3.63) is 33.7 Å². The maximum Gasteiger partial charge on any atom is 0.190 e. The molecule has 0 saturated carbocycles. The molecular weight excluding hydrogens is 374 g/mol. The van der Waals surface area contributed by atoms with Crippen LogP contribution in [0.4, 0.5) is 11.5 Å². The Morgan fingerprint density at radius 3 is 2.84 bits per heavy atom. The smallest absolute Gasteiger partial charge is 0.190 e. The minimum Gasteiger partial charge on any atom is -0.495 e. The third kappa shape index (κ3) is 3.18. The molecule has 1 aliphatic carbocycles. The summed E-state index contributed by atoms with van der Waals surface area (Å²) in [5.74, 6) is 1.53. The number of anilines is 2. The van der Waals surface area contributed by atoms with Gasteiger partial charge in [0.2, 0.25) is 0 Å². The zero-order chi connectivity index (χ0) is 17.4. The van der Waals surface area contributed by atoms with E-state index in [2.05, 4.69) is 5.32 Å². The van der Waals surface area contributed by atoms with Crippen molar-refractivity contribution in [2.24, 2.45) is 0 Å². The quantitative estimate of drug-likeness (QED) is 0.456. The van der Waals surface area contributed by atoms with Crippen LogP contribution in [0, 0.1) is 0 Å². The lowest BCUT2D eigenvalue weighted by molar-refractivity contribution is 0.415. The van der Waals surface area contributed by atoms with Crippen molar-refractivity contribution in [1.29, 1.82) is 0 Å². The minimum absolute atomic E-state index is 0.579. The van der Waals surface area contributed by atoms with E-state index < -0.39 is 0 Å². The number of thiophene rings is 1. The zero-order valence-electron chi connectivity index (χ0n) is 14.1. The summed E-state index contributed by atoms with van der Waals surface area (Å²) in [6.45, 7) is 0. The van der Waals surface area contributed by atoms with E-state index in [9.17, 15) is 0 Å². The molecule has 1 aromatic carbocycles. The van der Waals surface area contributed by atoms with Gasteiger partial charge in [-0.25, -0.2) is 9.97 Å². The van der Waals surface area contributed by atoms with E-state index >= 15 is 0 Å². The van der Waals surface area contributed by atoms with E-state index in [1.807, 2.05) is 35.8 Å². The van der Waals surface area contributed by atoms with Crippen molar-refractivity contribution in [2.45, 2.75) is 30.8 Å². The number of benzene rings is 1. The van der Waals surface area contributed by atoms with Crippen LogP contribution in [0.3, 0.4) is 0 Å². The van der Waals surface area contributed by atoms with Crippen molar-refractivity contribution < 1.29 is 4.74 Å². The number of nitrogens with zero attached hydrogens (tertiary/aromatic N) is 2. The molecule has 1 N–H and O–H groups in total. The van der Waals surface area contributed by atoms with Crippen LogP contribution in [0.15, 0.2) is 23.4 Å². The lowest BCUT2D eigenvalue weighted by Gasteiger charge is -2.13. The summed E-state index contributed by atoms with van der Waals surface area (Å²) in [5, 5.41) is 5.99. The molecule has 130 valence electrons. The molecule has 7 heteroatoms. The van der Waals surface area contributed by atoms with Gasteiger partial charge >= 0.3 is 0 Å². The highest BCUT2D eigenvalue weighted by molar-refractivity contribution is 7.98. The first-order valence-electron chi connectivity index (χ1n) is 8.16. The van der Waals surface area contributed by atoms with E-state index in [0.29, 0.717) is 10.8 Å². The van der Waals surface area contributed by atoms with Crippen LogP contribution >= 0.6 is 34.7 Å². The van der Waals surface area contributed by atoms with Gasteiger partial charge in [0.05, 0.1) is 17.5 Å². The average molecular weight is 392 g/mol. The zero-order valence-corrected chi connectivity index (χ0v) is 16.4. The van der Waals surface area contributed by atoms with Gasteiger partial charge in [0.1, 0.15) is 16.4 Å². The predicted molar refractivity (Wildman–Crippen MR) is 107 cm³/mol. The normalized spacial score (nSPS) is 13.7. The van der Waals surface area contributed by atoms with Crippen LogP contribution in [0.25, 0.3) is 10.2 Å². The Morgan fingerprint density at radius 1 is 1.24 bits per heavy atom. The van der Waals surface area contributed by atoms with Crippen molar-refractivity contribution in [3.63, 3.8) is 0 Å². The monoisotopic (exact) mass is 391 g/mol. The van der Waals surface area contributed by atoms with E-state index in [1.165, 1.54) is 28.7 Å². The predicted octanol–water partition coefficient (Wildman–Crippen LogP) is 5.70. The minimum atomic E-state index is 0.579. The van der Waals surface area contributed by atoms with Gasteiger partial charge in [-0.05, 0) is 55.7 Å². The lowest BCUT2D eigenvalue weighted by atomic mass is 9.97. The van der Waals surface area contributed by atoms with Crippen LogP contribution in [0.5, 0.6) is 5.75 Å². The first-order chi connectivity index (χ1) is 12.2. The SMILES string of the molecule is COc1ccc(Nc2nc(SC)nc3sc4c(c23)CCCC4)cc1Cl. The first kappa shape index (κ1) is 16.9. The number of hydrogen-bond donors (Lipinski definition) is 1. The summed E-state index contributed by atoms with van der Waals surface area (Å²) in [5.41, 5.74) is 2.31. The number of aryl methyl sites for hydroxylation is 2. The summed E-state index contributed by atoms with van der Waals surface area (Å²) < 4.78 is 5.23. The number of halogens is 1. The van der Waals surface area contributed by atoms with E-state index in [4.69, 9.17) is 26.3 Å². The Kier molecular flexibility index (Phi) is 4.75. The summed E-state index contributed by atoms with van der Waals surface area (Å²) in [6, 6.07) is 5.68. The first-order valence-corrected chi connectivity index (χ1v) is 10.6. The summed E-state index contributed by atoms with van der Waals surface area (Å²) >= 11 is 9.64. The molecule has 2 heterocycles. The Balaban J connectivity index is 1.82. The van der Waals surface area contributed by atoms with Crippen molar-refractivity contribution in [3.8, 4) is 5.75 Å². The maximum atomic E-state index is 6.27. The molecule has 0 aliphatic heterocycles. The summed E-state index contributed by atoms with van der Waals surface area (Å²) in [4.78, 5) is 12.0. The molecule has 0 radical (unpaired) electrons. The van der Waals surface area contributed by atoms with Crippen LogP contribution in [-0.4, -0.2) is 23.3 Å². The molecule has 0 saturated heterocycles. The Bertz CT molecular complexity index is 942. The number of methoxy groups -OCH3 is 1. The highest BCUT2D eigenvalue weighted by atomic mass is 35.5. The molecule has 25 heavy (non-hydrogen) atoms. The van der Waals surface area contributed by atoms with E-state index in [1.54, 1.807) is 18.9 Å². The molecule has 0 fully saturated rings. The van der Waals surface area contributed by atoms with Crippen LogP contribution < -0.4 is 10.1 Å². The maximum absolute atomic E-state index is 6.27. The molecule has 1 aliphatic rings. The highest BCUT2D eigenvalue weighted by Crippen LogP contribution is 2.40. The van der Waals surface area contributed by atoms with Crippen molar-refractivity contribution in [2.75, 3.05) is 18.7 Å². The fraction of sp³-hybridized carbons (Fsp3) is 0.333.